The first-order valence-electron chi connectivity index (χ1n) is 7.46. The minimum Gasteiger partial charge on any atom is -0.339 e. The number of hydrogen-bond donors (Lipinski definition) is 1. The molecule has 0 radical (unpaired) electrons. The van der Waals surface area contributed by atoms with E-state index in [1.807, 2.05) is 18.0 Å². The number of nitrogens with zero attached hydrogens (tertiary/aromatic N) is 2. The minimum absolute atomic E-state index is 0.239. The lowest BCUT2D eigenvalue weighted by Crippen LogP contribution is -2.49. The van der Waals surface area contributed by atoms with E-state index in [-0.39, 0.29) is 5.91 Å². The van der Waals surface area contributed by atoms with Crippen molar-refractivity contribution in [3.63, 3.8) is 0 Å². The zero-order chi connectivity index (χ0) is 14.4. The second-order valence-electron chi connectivity index (χ2n) is 5.38. The molecule has 1 saturated heterocycles. The molecule has 110 valence electrons. The average Bonchev–Trinajstić information content (AvgIpc) is 2.50. The van der Waals surface area contributed by atoms with Gasteiger partial charge in [0, 0.05) is 32.2 Å². The van der Waals surface area contributed by atoms with Gasteiger partial charge >= 0.3 is 0 Å². The lowest BCUT2D eigenvalue weighted by atomic mass is 10.0. The van der Waals surface area contributed by atoms with E-state index in [0.717, 1.165) is 32.6 Å². The topological polar surface area (TPSA) is 35.6 Å². The molecule has 1 aromatic rings. The predicted octanol–water partition coefficient (Wildman–Crippen LogP) is 1.50. The molecule has 1 N–H and O–H groups in total. The molecule has 1 fully saturated rings. The molecular formula is C16H25N3O. The largest absolute Gasteiger partial charge is 0.339 e. The summed E-state index contributed by atoms with van der Waals surface area (Å²) in [4.78, 5) is 16.4. The van der Waals surface area contributed by atoms with Crippen LogP contribution in [0, 0.1) is 0 Å². The van der Waals surface area contributed by atoms with Gasteiger partial charge in [-0.15, -0.1) is 0 Å². The van der Waals surface area contributed by atoms with Crippen molar-refractivity contribution >= 4 is 5.91 Å². The van der Waals surface area contributed by atoms with Crippen molar-refractivity contribution in [2.24, 2.45) is 0 Å². The average molecular weight is 275 g/mol. The molecule has 1 amide bonds. The number of hydrogen-bond acceptors (Lipinski definition) is 3. The summed E-state index contributed by atoms with van der Waals surface area (Å²) in [6.07, 6.45) is 1.01. The van der Waals surface area contributed by atoms with Gasteiger partial charge in [0.1, 0.15) is 0 Å². The first-order valence-corrected chi connectivity index (χ1v) is 7.46. The lowest BCUT2D eigenvalue weighted by molar-refractivity contribution is -0.133. The summed E-state index contributed by atoms with van der Waals surface area (Å²) in [5, 5.41) is 3.28. The fraction of sp³-hybridized carbons (Fsp3) is 0.562. The fourth-order valence-corrected chi connectivity index (χ4v) is 2.81. The van der Waals surface area contributed by atoms with E-state index < -0.39 is 0 Å². The predicted molar refractivity (Wildman–Crippen MR) is 81.6 cm³/mol. The van der Waals surface area contributed by atoms with E-state index in [9.17, 15) is 4.79 Å². The third-order valence-electron chi connectivity index (χ3n) is 3.96. The Morgan fingerprint density at radius 2 is 1.95 bits per heavy atom. The van der Waals surface area contributed by atoms with Crippen LogP contribution in [0.3, 0.4) is 0 Å². The Bertz CT molecular complexity index is 415. The maximum Gasteiger partial charge on any atom is 0.236 e. The van der Waals surface area contributed by atoms with Gasteiger partial charge in [0.05, 0.1) is 6.54 Å². The van der Waals surface area contributed by atoms with Gasteiger partial charge < -0.3 is 10.2 Å². The van der Waals surface area contributed by atoms with Crippen LogP contribution in [0.4, 0.5) is 0 Å². The molecule has 1 aliphatic rings. The SMILES string of the molecule is CCC(c1ccccc1)N(C)CC(=O)N1CCNCC1. The van der Waals surface area contributed by atoms with Crippen LogP contribution in [0.1, 0.15) is 24.9 Å². The Morgan fingerprint density at radius 1 is 1.30 bits per heavy atom. The van der Waals surface area contributed by atoms with Crippen molar-refractivity contribution < 1.29 is 4.79 Å². The molecule has 0 spiro atoms. The number of rotatable bonds is 5. The van der Waals surface area contributed by atoms with E-state index in [0.29, 0.717) is 12.6 Å². The third-order valence-corrected chi connectivity index (χ3v) is 3.96. The summed E-state index contributed by atoms with van der Waals surface area (Å²) in [7, 11) is 2.04. The zero-order valence-corrected chi connectivity index (χ0v) is 12.5. The van der Waals surface area contributed by atoms with Crippen LogP contribution in [0.2, 0.25) is 0 Å². The van der Waals surface area contributed by atoms with E-state index in [1.165, 1.54) is 5.56 Å². The number of likely N-dealkylation sites (N-methyl/N-ethyl adjacent to an activating group) is 1. The molecule has 2 rings (SSSR count). The first kappa shape index (κ1) is 15.0. The maximum atomic E-state index is 12.3. The highest BCUT2D eigenvalue weighted by Crippen LogP contribution is 2.22. The van der Waals surface area contributed by atoms with Gasteiger partial charge in [-0.2, -0.15) is 0 Å². The normalized spacial score (nSPS) is 17.2. The van der Waals surface area contributed by atoms with E-state index in [4.69, 9.17) is 0 Å². The molecular weight excluding hydrogens is 250 g/mol. The smallest absolute Gasteiger partial charge is 0.236 e. The van der Waals surface area contributed by atoms with Crippen molar-refractivity contribution in [2.45, 2.75) is 19.4 Å². The Morgan fingerprint density at radius 3 is 2.55 bits per heavy atom. The van der Waals surface area contributed by atoms with Crippen molar-refractivity contribution in [2.75, 3.05) is 39.8 Å². The molecule has 20 heavy (non-hydrogen) atoms. The van der Waals surface area contributed by atoms with Crippen LogP contribution in [0.15, 0.2) is 30.3 Å². The highest BCUT2D eigenvalue weighted by molar-refractivity contribution is 5.78. The maximum absolute atomic E-state index is 12.3. The molecule has 0 saturated carbocycles. The molecule has 1 heterocycles. The van der Waals surface area contributed by atoms with Crippen LogP contribution in [0.5, 0.6) is 0 Å². The van der Waals surface area contributed by atoms with Gasteiger partial charge in [-0.05, 0) is 19.0 Å². The molecule has 0 bridgehead atoms. The van der Waals surface area contributed by atoms with Crippen molar-refractivity contribution in [3.05, 3.63) is 35.9 Å². The van der Waals surface area contributed by atoms with Crippen LogP contribution in [-0.2, 0) is 4.79 Å². The monoisotopic (exact) mass is 275 g/mol. The van der Waals surface area contributed by atoms with E-state index in [1.54, 1.807) is 0 Å². The lowest BCUT2D eigenvalue weighted by Gasteiger charge is -2.32. The summed E-state index contributed by atoms with van der Waals surface area (Å²) < 4.78 is 0. The highest BCUT2D eigenvalue weighted by atomic mass is 16.2. The highest BCUT2D eigenvalue weighted by Gasteiger charge is 2.21. The van der Waals surface area contributed by atoms with Crippen molar-refractivity contribution in [3.8, 4) is 0 Å². The minimum atomic E-state index is 0.239. The van der Waals surface area contributed by atoms with Crippen molar-refractivity contribution in [1.29, 1.82) is 0 Å². The molecule has 0 aromatic heterocycles. The second-order valence-corrected chi connectivity index (χ2v) is 5.38. The molecule has 0 aliphatic carbocycles. The van der Waals surface area contributed by atoms with E-state index in [2.05, 4.69) is 41.4 Å². The van der Waals surface area contributed by atoms with Crippen LogP contribution < -0.4 is 5.32 Å². The van der Waals surface area contributed by atoms with Crippen LogP contribution in [0.25, 0.3) is 0 Å². The van der Waals surface area contributed by atoms with Crippen molar-refractivity contribution in [1.82, 2.24) is 15.1 Å². The number of amides is 1. The quantitative estimate of drug-likeness (QED) is 0.884. The number of carbonyl (C=O) groups excluding carboxylic acids is 1. The molecule has 4 heteroatoms. The zero-order valence-electron chi connectivity index (χ0n) is 12.5. The summed E-state index contributed by atoms with van der Waals surface area (Å²) in [6, 6.07) is 10.7. The summed E-state index contributed by atoms with van der Waals surface area (Å²) in [5.74, 6) is 0.239. The third kappa shape index (κ3) is 3.81. The van der Waals surface area contributed by atoms with Gasteiger partial charge in [-0.1, -0.05) is 37.3 Å². The molecule has 4 nitrogen and oxygen atoms in total. The Hall–Kier alpha value is -1.39. The van der Waals surface area contributed by atoms with Crippen LogP contribution in [-0.4, -0.2) is 55.5 Å². The second kappa shape index (κ2) is 7.41. The summed E-state index contributed by atoms with van der Waals surface area (Å²) in [5.41, 5.74) is 1.28. The number of carbonyl (C=O) groups is 1. The molecule has 1 aromatic carbocycles. The molecule has 1 atom stereocenters. The van der Waals surface area contributed by atoms with E-state index >= 15 is 0 Å². The Labute approximate surface area is 121 Å². The molecule has 1 aliphatic heterocycles. The number of nitrogens with one attached hydrogen (secondary N) is 1. The fourth-order valence-electron chi connectivity index (χ4n) is 2.81. The van der Waals surface area contributed by atoms with Gasteiger partial charge in [-0.3, -0.25) is 9.69 Å². The van der Waals surface area contributed by atoms with Crippen LogP contribution >= 0.6 is 0 Å². The number of benzene rings is 1. The standard InChI is InChI=1S/C16H25N3O/c1-3-15(14-7-5-4-6-8-14)18(2)13-16(20)19-11-9-17-10-12-19/h4-8,15,17H,3,9-13H2,1-2H3. The van der Waals surface area contributed by atoms with Gasteiger partial charge in [0.15, 0.2) is 0 Å². The molecule has 1 unspecified atom stereocenters. The summed E-state index contributed by atoms with van der Waals surface area (Å²) >= 11 is 0. The van der Waals surface area contributed by atoms with Gasteiger partial charge in [0.2, 0.25) is 5.91 Å². The van der Waals surface area contributed by atoms with Gasteiger partial charge in [0.25, 0.3) is 0 Å². The first-order chi connectivity index (χ1) is 9.72. The number of piperazine rings is 1. The Kier molecular flexibility index (Phi) is 5.56. The van der Waals surface area contributed by atoms with Gasteiger partial charge in [-0.25, -0.2) is 0 Å². The Balaban J connectivity index is 1.95. The summed E-state index contributed by atoms with van der Waals surface area (Å²) in [6.45, 7) is 6.14.